The summed E-state index contributed by atoms with van der Waals surface area (Å²) >= 11 is 0. The van der Waals surface area contributed by atoms with Crippen LogP contribution < -0.4 is 0 Å². The summed E-state index contributed by atoms with van der Waals surface area (Å²) in [6, 6.07) is 11.4. The van der Waals surface area contributed by atoms with Crippen LogP contribution in [0.4, 0.5) is 0 Å². The minimum atomic E-state index is -1.02. The van der Waals surface area contributed by atoms with Gasteiger partial charge in [-0.1, -0.05) is 51.1 Å². The molecule has 0 spiro atoms. The van der Waals surface area contributed by atoms with Crippen LogP contribution in [0.2, 0.25) is 0 Å². The Bertz CT molecular complexity index is 945. The van der Waals surface area contributed by atoms with Crippen molar-refractivity contribution >= 4 is 5.97 Å². The Kier molecular flexibility index (Phi) is 6.19. The summed E-state index contributed by atoms with van der Waals surface area (Å²) in [5.41, 5.74) is 2.62. The Morgan fingerprint density at radius 1 is 1.18 bits per heavy atom. The van der Waals surface area contributed by atoms with Crippen molar-refractivity contribution in [3.05, 3.63) is 65.5 Å². The number of pyridine rings is 1. The molecule has 0 atom stereocenters. The molecule has 0 bridgehead atoms. The predicted octanol–water partition coefficient (Wildman–Crippen LogP) is 4.24. The molecular weight excluding hydrogens is 352 g/mol. The molecule has 0 aliphatic carbocycles. The topological polar surface area (TPSA) is 80.9 Å². The Balaban J connectivity index is 1.83. The normalized spacial score (nSPS) is 11.1. The number of aromatic nitrogens is 4. The van der Waals surface area contributed by atoms with Crippen molar-refractivity contribution in [1.29, 1.82) is 0 Å². The molecule has 0 saturated heterocycles. The lowest BCUT2D eigenvalue weighted by molar-refractivity contribution is 0.0691. The number of hydrogen-bond acceptors (Lipinski definition) is 4. The largest absolute Gasteiger partial charge is 0.476 e. The highest BCUT2D eigenvalue weighted by Gasteiger charge is 2.14. The van der Waals surface area contributed by atoms with Gasteiger partial charge in [0.15, 0.2) is 11.5 Å². The lowest BCUT2D eigenvalue weighted by Crippen LogP contribution is -2.07. The highest BCUT2D eigenvalue weighted by atomic mass is 16.4. The molecular formula is C22H26N4O2. The van der Waals surface area contributed by atoms with Gasteiger partial charge in [0.2, 0.25) is 0 Å². The number of rotatable bonds is 8. The van der Waals surface area contributed by atoms with Crippen LogP contribution in [-0.2, 0) is 19.4 Å². The molecule has 6 heteroatoms. The van der Waals surface area contributed by atoms with Gasteiger partial charge in [0.1, 0.15) is 5.82 Å². The zero-order chi connectivity index (χ0) is 20.1. The van der Waals surface area contributed by atoms with E-state index in [0.717, 1.165) is 42.0 Å². The third-order valence-electron chi connectivity index (χ3n) is 4.46. The molecule has 3 aromatic rings. The molecule has 2 aromatic heterocycles. The lowest BCUT2D eigenvalue weighted by Gasteiger charge is -2.08. The number of benzene rings is 1. The van der Waals surface area contributed by atoms with Gasteiger partial charge >= 0.3 is 5.97 Å². The Morgan fingerprint density at radius 2 is 1.93 bits per heavy atom. The minimum Gasteiger partial charge on any atom is -0.476 e. The summed E-state index contributed by atoms with van der Waals surface area (Å²) in [7, 11) is 0. The lowest BCUT2D eigenvalue weighted by atomic mass is 10.0. The average Bonchev–Trinajstić information content (AvgIpc) is 3.03. The van der Waals surface area contributed by atoms with E-state index in [1.807, 2.05) is 28.9 Å². The van der Waals surface area contributed by atoms with E-state index in [2.05, 4.69) is 25.8 Å². The van der Waals surface area contributed by atoms with E-state index in [4.69, 9.17) is 10.1 Å². The highest BCUT2D eigenvalue weighted by molar-refractivity contribution is 5.93. The summed E-state index contributed by atoms with van der Waals surface area (Å²) in [4.78, 5) is 20.1. The van der Waals surface area contributed by atoms with Crippen LogP contribution in [0.15, 0.2) is 42.6 Å². The second-order valence-corrected chi connectivity index (χ2v) is 7.35. The van der Waals surface area contributed by atoms with Crippen molar-refractivity contribution in [2.24, 2.45) is 5.92 Å². The minimum absolute atomic E-state index is 0.0649. The maximum absolute atomic E-state index is 11.4. The standard InChI is InChI=1S/C22H26N4O2/c1-4-6-20-24-19(13-15(2)3)25-26(20)14-16-8-10-17(11-9-16)18-7-5-12-23-21(18)22(27)28/h5,7-12,15H,4,6,13-14H2,1-3H3,(H,27,28). The van der Waals surface area contributed by atoms with Crippen molar-refractivity contribution < 1.29 is 9.90 Å². The molecule has 0 unspecified atom stereocenters. The summed E-state index contributed by atoms with van der Waals surface area (Å²) in [6.07, 6.45) is 4.30. The molecule has 0 aliphatic heterocycles. The van der Waals surface area contributed by atoms with Gasteiger partial charge in [-0.25, -0.2) is 19.4 Å². The van der Waals surface area contributed by atoms with Crippen LogP contribution in [0.1, 0.15) is 54.9 Å². The summed E-state index contributed by atoms with van der Waals surface area (Å²) < 4.78 is 1.99. The summed E-state index contributed by atoms with van der Waals surface area (Å²) in [5.74, 6) is 1.41. The first kappa shape index (κ1) is 19.7. The van der Waals surface area contributed by atoms with Crippen LogP contribution in [0.3, 0.4) is 0 Å². The van der Waals surface area contributed by atoms with Crippen molar-refractivity contribution in [3.8, 4) is 11.1 Å². The van der Waals surface area contributed by atoms with Gasteiger partial charge in [-0.15, -0.1) is 0 Å². The van der Waals surface area contributed by atoms with Crippen LogP contribution in [-0.4, -0.2) is 30.8 Å². The molecule has 1 aromatic carbocycles. The maximum Gasteiger partial charge on any atom is 0.355 e. The Morgan fingerprint density at radius 3 is 2.57 bits per heavy atom. The second kappa shape index (κ2) is 8.78. The quantitative estimate of drug-likeness (QED) is 0.634. The van der Waals surface area contributed by atoms with Crippen LogP contribution >= 0.6 is 0 Å². The fourth-order valence-electron chi connectivity index (χ4n) is 3.18. The number of carboxylic acids is 1. The number of carbonyl (C=O) groups is 1. The van der Waals surface area contributed by atoms with E-state index < -0.39 is 5.97 Å². The molecule has 1 N–H and O–H groups in total. The zero-order valence-electron chi connectivity index (χ0n) is 16.6. The Labute approximate surface area is 165 Å². The molecule has 0 aliphatic rings. The van der Waals surface area contributed by atoms with Crippen molar-refractivity contribution in [2.45, 2.75) is 46.6 Å². The van der Waals surface area contributed by atoms with Gasteiger partial charge in [-0.2, -0.15) is 5.10 Å². The third-order valence-corrected chi connectivity index (χ3v) is 4.46. The molecule has 3 rings (SSSR count). The fraction of sp³-hybridized carbons (Fsp3) is 0.364. The van der Waals surface area contributed by atoms with Gasteiger partial charge in [0.05, 0.1) is 6.54 Å². The van der Waals surface area contributed by atoms with Crippen molar-refractivity contribution in [3.63, 3.8) is 0 Å². The van der Waals surface area contributed by atoms with E-state index in [0.29, 0.717) is 18.0 Å². The number of nitrogens with zero attached hydrogens (tertiary/aromatic N) is 4. The first-order chi connectivity index (χ1) is 13.5. The highest BCUT2D eigenvalue weighted by Crippen LogP contribution is 2.23. The van der Waals surface area contributed by atoms with Crippen molar-refractivity contribution in [1.82, 2.24) is 19.7 Å². The molecule has 0 saturated carbocycles. The zero-order valence-corrected chi connectivity index (χ0v) is 16.6. The van der Waals surface area contributed by atoms with Crippen LogP contribution in [0, 0.1) is 5.92 Å². The fourth-order valence-corrected chi connectivity index (χ4v) is 3.18. The Hall–Kier alpha value is -3.02. The monoisotopic (exact) mass is 378 g/mol. The van der Waals surface area contributed by atoms with E-state index >= 15 is 0 Å². The van der Waals surface area contributed by atoms with Crippen LogP contribution in [0.5, 0.6) is 0 Å². The SMILES string of the molecule is CCCc1nc(CC(C)C)nn1Cc1ccc(-c2cccnc2C(=O)O)cc1. The molecule has 2 heterocycles. The molecule has 0 fully saturated rings. The molecule has 28 heavy (non-hydrogen) atoms. The molecule has 146 valence electrons. The van der Waals surface area contributed by atoms with Gasteiger partial charge in [0, 0.05) is 24.6 Å². The maximum atomic E-state index is 11.4. The van der Waals surface area contributed by atoms with Crippen LogP contribution in [0.25, 0.3) is 11.1 Å². The van der Waals surface area contributed by atoms with E-state index in [9.17, 15) is 9.90 Å². The van der Waals surface area contributed by atoms with Gasteiger partial charge in [0.25, 0.3) is 0 Å². The second-order valence-electron chi connectivity index (χ2n) is 7.35. The number of hydrogen-bond donors (Lipinski definition) is 1. The van der Waals surface area contributed by atoms with E-state index in [-0.39, 0.29) is 5.69 Å². The van der Waals surface area contributed by atoms with Crippen molar-refractivity contribution in [2.75, 3.05) is 0 Å². The van der Waals surface area contributed by atoms with E-state index in [1.54, 1.807) is 12.1 Å². The summed E-state index contributed by atoms with van der Waals surface area (Å²) in [5, 5.41) is 14.0. The molecule has 0 radical (unpaired) electrons. The first-order valence-corrected chi connectivity index (χ1v) is 9.68. The van der Waals surface area contributed by atoms with Gasteiger partial charge in [-0.3, -0.25) is 0 Å². The number of aromatic carboxylic acids is 1. The van der Waals surface area contributed by atoms with Gasteiger partial charge in [-0.05, 0) is 29.5 Å². The number of carboxylic acid groups (broad SMARTS) is 1. The first-order valence-electron chi connectivity index (χ1n) is 9.68. The predicted molar refractivity (Wildman–Crippen MR) is 108 cm³/mol. The average molecular weight is 378 g/mol. The molecule has 6 nitrogen and oxygen atoms in total. The third kappa shape index (κ3) is 4.63. The summed E-state index contributed by atoms with van der Waals surface area (Å²) in [6.45, 7) is 7.13. The smallest absolute Gasteiger partial charge is 0.355 e. The van der Waals surface area contributed by atoms with Gasteiger partial charge < -0.3 is 5.11 Å². The number of aryl methyl sites for hydroxylation is 1. The molecule has 0 amide bonds. The van der Waals surface area contributed by atoms with E-state index in [1.165, 1.54) is 6.20 Å².